The Labute approximate surface area is 147 Å². The Bertz CT molecular complexity index is 681. The lowest BCUT2D eigenvalue weighted by atomic mass is 10.1. The van der Waals surface area contributed by atoms with Gasteiger partial charge in [0.2, 0.25) is 10.0 Å². The van der Waals surface area contributed by atoms with Crippen molar-refractivity contribution >= 4 is 27.7 Å². The molecule has 1 atom stereocenters. The Kier molecular flexibility index (Phi) is 5.80. The van der Waals surface area contributed by atoms with Crippen molar-refractivity contribution in [2.45, 2.75) is 23.8 Å². The third-order valence-corrected chi connectivity index (χ3v) is 6.63. The molecule has 0 aliphatic carbocycles. The average molecular weight is 370 g/mol. The lowest BCUT2D eigenvalue weighted by Crippen LogP contribution is -2.40. The summed E-state index contributed by atoms with van der Waals surface area (Å²) in [5.41, 5.74) is 0.421. The van der Waals surface area contributed by atoms with Crippen LogP contribution in [0.2, 0.25) is 0 Å². The molecular formula is C16H22N2O4S2. The van der Waals surface area contributed by atoms with Gasteiger partial charge in [-0.1, -0.05) is 6.07 Å². The van der Waals surface area contributed by atoms with Gasteiger partial charge >= 0.3 is 0 Å². The van der Waals surface area contributed by atoms with Gasteiger partial charge in [-0.25, -0.2) is 13.1 Å². The summed E-state index contributed by atoms with van der Waals surface area (Å²) in [6, 6.07) is 6.08. The molecule has 2 aliphatic rings. The van der Waals surface area contributed by atoms with Gasteiger partial charge in [0.15, 0.2) is 0 Å². The highest BCUT2D eigenvalue weighted by Gasteiger charge is 2.24. The number of amides is 1. The monoisotopic (exact) mass is 370 g/mol. The molecule has 1 unspecified atom stereocenters. The molecule has 1 aromatic carbocycles. The van der Waals surface area contributed by atoms with Gasteiger partial charge in [0.05, 0.1) is 11.5 Å². The molecule has 2 fully saturated rings. The number of hydrogen-bond donors (Lipinski definition) is 1. The fourth-order valence-corrected chi connectivity index (χ4v) is 5.07. The largest absolute Gasteiger partial charge is 0.380 e. The minimum atomic E-state index is -3.65. The van der Waals surface area contributed by atoms with Gasteiger partial charge in [-0.05, 0) is 31.0 Å². The van der Waals surface area contributed by atoms with Crippen molar-refractivity contribution in [1.82, 2.24) is 9.62 Å². The molecule has 1 aromatic rings. The van der Waals surface area contributed by atoms with E-state index >= 15 is 0 Å². The van der Waals surface area contributed by atoms with Crippen LogP contribution in [0.3, 0.4) is 0 Å². The lowest BCUT2D eigenvalue weighted by Gasteiger charge is -2.26. The summed E-state index contributed by atoms with van der Waals surface area (Å²) in [6.45, 7) is 2.48. The molecule has 0 bridgehead atoms. The maximum absolute atomic E-state index is 12.6. The summed E-state index contributed by atoms with van der Waals surface area (Å²) >= 11 is 1.83. The minimum Gasteiger partial charge on any atom is -0.380 e. The van der Waals surface area contributed by atoms with Gasteiger partial charge in [0.25, 0.3) is 5.91 Å². The SMILES string of the molecule is O=C(c1cccc(S(=O)(=O)NC2CCCOC2)c1)N1CCSCC1. The number of ether oxygens (including phenoxy) is 1. The summed E-state index contributed by atoms with van der Waals surface area (Å²) < 4.78 is 33.1. The van der Waals surface area contributed by atoms with E-state index in [0.29, 0.717) is 31.9 Å². The molecule has 0 aromatic heterocycles. The predicted octanol–water partition coefficient (Wildman–Crippen LogP) is 1.33. The van der Waals surface area contributed by atoms with Crippen LogP contribution in [0, 0.1) is 0 Å². The second kappa shape index (κ2) is 7.86. The van der Waals surface area contributed by atoms with Gasteiger partial charge in [-0.3, -0.25) is 4.79 Å². The van der Waals surface area contributed by atoms with Crippen LogP contribution in [0.1, 0.15) is 23.2 Å². The molecule has 2 heterocycles. The number of carbonyl (C=O) groups excluding carboxylic acids is 1. The second-order valence-electron chi connectivity index (χ2n) is 5.97. The van der Waals surface area contributed by atoms with Crippen LogP contribution >= 0.6 is 11.8 Å². The summed E-state index contributed by atoms with van der Waals surface area (Å²) in [6.07, 6.45) is 1.61. The van der Waals surface area contributed by atoms with Gasteiger partial charge < -0.3 is 9.64 Å². The molecule has 1 amide bonds. The summed E-state index contributed by atoms with van der Waals surface area (Å²) in [4.78, 5) is 14.5. The molecule has 1 N–H and O–H groups in total. The Morgan fingerprint density at radius 1 is 1.29 bits per heavy atom. The van der Waals surface area contributed by atoms with Crippen LogP contribution in [0.5, 0.6) is 0 Å². The number of thioether (sulfide) groups is 1. The van der Waals surface area contributed by atoms with Crippen molar-refractivity contribution < 1.29 is 17.9 Å². The molecular weight excluding hydrogens is 348 g/mol. The fourth-order valence-electron chi connectivity index (χ4n) is 2.87. The number of sulfonamides is 1. The number of rotatable bonds is 4. The lowest BCUT2D eigenvalue weighted by molar-refractivity contribution is 0.0770. The Morgan fingerprint density at radius 3 is 2.79 bits per heavy atom. The van der Waals surface area contributed by atoms with Crippen LogP contribution in [0.25, 0.3) is 0 Å². The van der Waals surface area contributed by atoms with Crippen molar-refractivity contribution in [2.75, 3.05) is 37.8 Å². The molecule has 24 heavy (non-hydrogen) atoms. The van der Waals surface area contributed by atoms with Crippen molar-refractivity contribution in [3.63, 3.8) is 0 Å². The first-order valence-electron chi connectivity index (χ1n) is 8.13. The topological polar surface area (TPSA) is 75.7 Å². The summed E-state index contributed by atoms with van der Waals surface area (Å²) in [5, 5.41) is 0. The first-order chi connectivity index (χ1) is 11.6. The zero-order valence-electron chi connectivity index (χ0n) is 13.4. The van der Waals surface area contributed by atoms with E-state index in [4.69, 9.17) is 4.74 Å². The van der Waals surface area contributed by atoms with E-state index in [0.717, 1.165) is 24.3 Å². The van der Waals surface area contributed by atoms with Crippen LogP contribution in [-0.4, -0.2) is 63.1 Å². The smallest absolute Gasteiger partial charge is 0.253 e. The molecule has 3 rings (SSSR count). The first-order valence-corrected chi connectivity index (χ1v) is 10.8. The van der Waals surface area contributed by atoms with E-state index in [2.05, 4.69) is 4.72 Å². The predicted molar refractivity (Wildman–Crippen MR) is 93.8 cm³/mol. The maximum atomic E-state index is 12.6. The van der Waals surface area contributed by atoms with Crippen molar-refractivity contribution in [3.05, 3.63) is 29.8 Å². The van der Waals surface area contributed by atoms with E-state index in [1.165, 1.54) is 12.1 Å². The first kappa shape index (κ1) is 17.7. The second-order valence-corrected chi connectivity index (χ2v) is 8.91. The number of benzene rings is 1. The molecule has 0 spiro atoms. The Hall–Kier alpha value is -1.09. The van der Waals surface area contributed by atoms with Crippen LogP contribution in [0.4, 0.5) is 0 Å². The molecule has 8 heteroatoms. The number of hydrogen-bond acceptors (Lipinski definition) is 5. The molecule has 0 radical (unpaired) electrons. The number of nitrogens with one attached hydrogen (secondary N) is 1. The maximum Gasteiger partial charge on any atom is 0.253 e. The highest BCUT2D eigenvalue weighted by molar-refractivity contribution is 7.99. The van der Waals surface area contributed by atoms with Gasteiger partial charge in [0.1, 0.15) is 0 Å². The highest BCUT2D eigenvalue weighted by Crippen LogP contribution is 2.17. The molecule has 132 valence electrons. The third-order valence-electron chi connectivity index (χ3n) is 4.17. The van der Waals surface area contributed by atoms with Crippen molar-refractivity contribution in [3.8, 4) is 0 Å². The summed E-state index contributed by atoms with van der Waals surface area (Å²) in [5.74, 6) is 1.74. The molecule has 2 aliphatic heterocycles. The molecule has 0 saturated carbocycles. The normalized spacial score (nSPS) is 22.3. The van der Waals surface area contributed by atoms with E-state index in [-0.39, 0.29) is 16.8 Å². The average Bonchev–Trinajstić information content (AvgIpc) is 2.62. The zero-order valence-corrected chi connectivity index (χ0v) is 15.1. The Morgan fingerprint density at radius 2 is 2.08 bits per heavy atom. The zero-order chi connectivity index (χ0) is 17.0. The van der Waals surface area contributed by atoms with E-state index in [1.807, 2.05) is 11.8 Å². The fraction of sp³-hybridized carbons (Fsp3) is 0.562. The number of nitrogens with zero attached hydrogens (tertiary/aromatic N) is 1. The van der Waals surface area contributed by atoms with Crippen LogP contribution in [0.15, 0.2) is 29.2 Å². The standard InChI is InChI=1S/C16H22N2O4S2/c19-16(18-6-9-23-10-7-18)13-3-1-5-15(11-13)24(20,21)17-14-4-2-8-22-12-14/h1,3,5,11,14,17H,2,4,6-10,12H2. The van der Waals surface area contributed by atoms with Crippen molar-refractivity contribution in [1.29, 1.82) is 0 Å². The van der Waals surface area contributed by atoms with Crippen LogP contribution in [-0.2, 0) is 14.8 Å². The quantitative estimate of drug-likeness (QED) is 0.865. The molecule has 6 nitrogen and oxygen atoms in total. The van der Waals surface area contributed by atoms with Gasteiger partial charge in [-0.15, -0.1) is 0 Å². The van der Waals surface area contributed by atoms with E-state index < -0.39 is 10.0 Å². The van der Waals surface area contributed by atoms with E-state index in [1.54, 1.807) is 17.0 Å². The van der Waals surface area contributed by atoms with Crippen LogP contribution < -0.4 is 4.72 Å². The van der Waals surface area contributed by atoms with Crippen molar-refractivity contribution in [2.24, 2.45) is 0 Å². The summed E-state index contributed by atoms with van der Waals surface area (Å²) in [7, 11) is -3.65. The minimum absolute atomic E-state index is 0.103. The van der Waals surface area contributed by atoms with Gasteiger partial charge in [-0.2, -0.15) is 11.8 Å². The number of carbonyl (C=O) groups is 1. The third kappa shape index (κ3) is 4.30. The van der Waals surface area contributed by atoms with Gasteiger partial charge in [0, 0.05) is 42.8 Å². The Balaban J connectivity index is 1.74. The highest BCUT2D eigenvalue weighted by atomic mass is 32.2. The molecule has 2 saturated heterocycles. The van der Waals surface area contributed by atoms with E-state index in [9.17, 15) is 13.2 Å².